The van der Waals surface area contributed by atoms with Gasteiger partial charge in [-0.3, -0.25) is 0 Å². The van der Waals surface area contributed by atoms with Crippen molar-refractivity contribution >= 4 is 34.2 Å². The smallest absolute Gasteiger partial charge is 0.326 e. The third-order valence-electron chi connectivity index (χ3n) is 2.04. The van der Waals surface area contributed by atoms with E-state index in [1.807, 2.05) is 31.2 Å². The van der Waals surface area contributed by atoms with Gasteiger partial charge in [-0.1, -0.05) is 19.4 Å². The highest BCUT2D eigenvalue weighted by atomic mass is 127. The van der Waals surface area contributed by atoms with Crippen LogP contribution < -0.4 is 5.32 Å². The van der Waals surface area contributed by atoms with Crippen molar-refractivity contribution in [3.63, 3.8) is 0 Å². The van der Waals surface area contributed by atoms with Gasteiger partial charge in [-0.25, -0.2) is 4.79 Å². The summed E-state index contributed by atoms with van der Waals surface area (Å²) in [6, 6.07) is 7.21. The Morgan fingerprint density at radius 1 is 1.60 bits per heavy atom. The van der Waals surface area contributed by atoms with Crippen molar-refractivity contribution in [2.75, 3.05) is 5.32 Å². The molecular weight excluding hydrogens is 305 g/mol. The average Bonchev–Trinajstić information content (AvgIpc) is 2.17. The first-order valence-electron chi connectivity index (χ1n) is 4.88. The van der Waals surface area contributed by atoms with E-state index in [2.05, 4.69) is 27.9 Å². The molecule has 0 saturated heterocycles. The molecule has 4 heteroatoms. The van der Waals surface area contributed by atoms with Crippen LogP contribution in [0.25, 0.3) is 0 Å². The fourth-order valence-corrected chi connectivity index (χ4v) is 1.87. The highest BCUT2D eigenvalue weighted by molar-refractivity contribution is 14.1. The Hall–Kier alpha value is -0.780. The summed E-state index contributed by atoms with van der Waals surface area (Å²) in [5, 5.41) is 12.0. The molecule has 0 saturated carbocycles. The maximum Gasteiger partial charge on any atom is 0.326 e. The fraction of sp³-hybridized carbons (Fsp3) is 0.364. The molecule has 0 bridgehead atoms. The lowest BCUT2D eigenvalue weighted by atomic mass is 10.1. The quantitative estimate of drug-likeness (QED) is 0.821. The first-order valence-corrected chi connectivity index (χ1v) is 5.96. The fourth-order valence-electron chi connectivity index (χ4n) is 1.33. The van der Waals surface area contributed by atoms with Gasteiger partial charge in [-0.05, 0) is 47.2 Å². The van der Waals surface area contributed by atoms with Gasteiger partial charge in [0.1, 0.15) is 6.04 Å². The van der Waals surface area contributed by atoms with Crippen LogP contribution in [-0.2, 0) is 4.79 Å². The summed E-state index contributed by atoms with van der Waals surface area (Å²) in [5.74, 6) is -0.796. The van der Waals surface area contributed by atoms with E-state index < -0.39 is 12.0 Å². The van der Waals surface area contributed by atoms with E-state index in [4.69, 9.17) is 5.11 Å². The Kier molecular flexibility index (Phi) is 4.87. The van der Waals surface area contributed by atoms with Crippen molar-refractivity contribution in [3.05, 3.63) is 27.8 Å². The van der Waals surface area contributed by atoms with Gasteiger partial charge in [0.05, 0.1) is 0 Å². The van der Waals surface area contributed by atoms with Gasteiger partial charge in [0, 0.05) is 9.26 Å². The summed E-state index contributed by atoms with van der Waals surface area (Å²) >= 11 is 2.20. The lowest BCUT2D eigenvalue weighted by Crippen LogP contribution is -2.28. The number of carboxylic acids is 1. The van der Waals surface area contributed by atoms with Gasteiger partial charge in [0.15, 0.2) is 0 Å². The van der Waals surface area contributed by atoms with E-state index in [9.17, 15) is 4.79 Å². The molecule has 2 N–H and O–H groups in total. The lowest BCUT2D eigenvalue weighted by Gasteiger charge is -2.14. The Labute approximate surface area is 103 Å². The summed E-state index contributed by atoms with van der Waals surface area (Å²) in [4.78, 5) is 10.9. The number of hydrogen-bond donors (Lipinski definition) is 2. The molecule has 0 spiro atoms. The Bertz CT molecular complexity index is 341. The van der Waals surface area contributed by atoms with Crippen molar-refractivity contribution in [2.24, 2.45) is 0 Å². The third-order valence-corrected chi connectivity index (χ3v) is 2.71. The molecule has 1 rings (SSSR count). The van der Waals surface area contributed by atoms with Gasteiger partial charge in [0.2, 0.25) is 0 Å². The van der Waals surface area contributed by atoms with Crippen LogP contribution in [0.3, 0.4) is 0 Å². The predicted molar refractivity (Wildman–Crippen MR) is 69.1 cm³/mol. The van der Waals surface area contributed by atoms with Gasteiger partial charge < -0.3 is 10.4 Å². The maximum atomic E-state index is 10.9. The number of aliphatic carboxylic acids is 1. The standard InChI is InChI=1S/C11H14INO2/c1-2-4-10(11(14)15)13-9-6-3-5-8(12)7-9/h3,5-7,10,13H,2,4H2,1H3,(H,14,15). The van der Waals surface area contributed by atoms with Crippen LogP contribution in [0.4, 0.5) is 5.69 Å². The number of rotatable bonds is 5. The molecule has 0 aliphatic heterocycles. The van der Waals surface area contributed by atoms with Crippen molar-refractivity contribution in [1.29, 1.82) is 0 Å². The van der Waals surface area contributed by atoms with E-state index in [1.165, 1.54) is 0 Å². The number of nitrogens with one attached hydrogen (secondary N) is 1. The normalized spacial score (nSPS) is 12.1. The van der Waals surface area contributed by atoms with E-state index in [-0.39, 0.29) is 0 Å². The van der Waals surface area contributed by atoms with Crippen LogP contribution in [0, 0.1) is 3.57 Å². The first kappa shape index (κ1) is 12.3. The molecule has 1 atom stereocenters. The molecule has 0 heterocycles. The van der Waals surface area contributed by atoms with E-state index >= 15 is 0 Å². The zero-order valence-corrected chi connectivity index (χ0v) is 10.7. The number of hydrogen-bond acceptors (Lipinski definition) is 2. The molecule has 3 nitrogen and oxygen atoms in total. The van der Waals surface area contributed by atoms with Gasteiger partial charge in [-0.15, -0.1) is 0 Å². The third kappa shape index (κ3) is 4.07. The van der Waals surface area contributed by atoms with Crippen LogP contribution in [0.2, 0.25) is 0 Å². The van der Waals surface area contributed by atoms with Crippen LogP contribution in [0.1, 0.15) is 19.8 Å². The van der Waals surface area contributed by atoms with Crippen LogP contribution in [0.15, 0.2) is 24.3 Å². The topological polar surface area (TPSA) is 49.3 Å². The van der Waals surface area contributed by atoms with Crippen LogP contribution >= 0.6 is 22.6 Å². The second kappa shape index (κ2) is 5.95. The summed E-state index contributed by atoms with van der Waals surface area (Å²) in [6.45, 7) is 1.98. The Morgan fingerprint density at radius 2 is 2.33 bits per heavy atom. The molecule has 0 aliphatic carbocycles. The SMILES string of the molecule is CCCC(Nc1cccc(I)c1)C(=O)O. The molecule has 0 radical (unpaired) electrons. The molecule has 82 valence electrons. The van der Waals surface area contributed by atoms with Crippen LogP contribution in [-0.4, -0.2) is 17.1 Å². The van der Waals surface area contributed by atoms with E-state index in [1.54, 1.807) is 0 Å². The molecule has 1 unspecified atom stereocenters. The molecule has 1 aromatic rings. The van der Waals surface area contributed by atoms with Crippen molar-refractivity contribution in [1.82, 2.24) is 0 Å². The minimum Gasteiger partial charge on any atom is -0.480 e. The average molecular weight is 319 g/mol. The van der Waals surface area contributed by atoms with E-state index in [0.29, 0.717) is 6.42 Å². The number of carbonyl (C=O) groups is 1. The second-order valence-electron chi connectivity index (χ2n) is 3.33. The van der Waals surface area contributed by atoms with Crippen molar-refractivity contribution in [3.8, 4) is 0 Å². The summed E-state index contributed by atoms with van der Waals surface area (Å²) in [6.07, 6.45) is 1.49. The minimum absolute atomic E-state index is 0.492. The number of anilines is 1. The Balaban J connectivity index is 2.69. The molecule has 0 amide bonds. The highest BCUT2D eigenvalue weighted by Gasteiger charge is 2.15. The highest BCUT2D eigenvalue weighted by Crippen LogP contribution is 2.14. The van der Waals surface area contributed by atoms with Gasteiger partial charge in [-0.2, -0.15) is 0 Å². The Morgan fingerprint density at radius 3 is 2.87 bits per heavy atom. The largest absolute Gasteiger partial charge is 0.480 e. The molecule has 0 fully saturated rings. The van der Waals surface area contributed by atoms with Crippen molar-refractivity contribution in [2.45, 2.75) is 25.8 Å². The molecule has 15 heavy (non-hydrogen) atoms. The number of carboxylic acid groups (broad SMARTS) is 1. The molecule has 0 aliphatic rings. The zero-order valence-electron chi connectivity index (χ0n) is 8.53. The first-order chi connectivity index (χ1) is 7.13. The lowest BCUT2D eigenvalue weighted by molar-refractivity contribution is -0.138. The summed E-state index contributed by atoms with van der Waals surface area (Å²) < 4.78 is 1.10. The van der Waals surface area contributed by atoms with Crippen LogP contribution in [0.5, 0.6) is 0 Å². The molecule has 0 aromatic heterocycles. The second-order valence-corrected chi connectivity index (χ2v) is 4.58. The van der Waals surface area contributed by atoms with Gasteiger partial charge in [0.25, 0.3) is 0 Å². The van der Waals surface area contributed by atoms with E-state index in [0.717, 1.165) is 15.7 Å². The molecular formula is C11H14INO2. The van der Waals surface area contributed by atoms with Gasteiger partial charge >= 0.3 is 5.97 Å². The summed E-state index contributed by atoms with van der Waals surface area (Å²) in [7, 11) is 0. The summed E-state index contributed by atoms with van der Waals surface area (Å²) in [5.41, 5.74) is 0.864. The predicted octanol–water partition coefficient (Wildman–Crippen LogP) is 2.96. The van der Waals surface area contributed by atoms with Crippen molar-refractivity contribution < 1.29 is 9.90 Å². The number of halogens is 1. The molecule has 1 aromatic carbocycles. The minimum atomic E-state index is -0.796. The zero-order chi connectivity index (χ0) is 11.3. The monoisotopic (exact) mass is 319 g/mol. The maximum absolute atomic E-state index is 10.9. The number of benzene rings is 1.